The lowest BCUT2D eigenvalue weighted by atomic mass is 10.0. The van der Waals surface area contributed by atoms with E-state index in [-0.39, 0.29) is 22.1 Å². The highest BCUT2D eigenvalue weighted by molar-refractivity contribution is 6.41. The average Bonchev–Trinajstić information content (AvgIpc) is 2.48. The van der Waals surface area contributed by atoms with Gasteiger partial charge in [-0.2, -0.15) is 0 Å². The Balaban J connectivity index is 2.15. The Labute approximate surface area is 134 Å². The molecule has 3 nitrogen and oxygen atoms in total. The van der Waals surface area contributed by atoms with Gasteiger partial charge in [-0.25, -0.2) is 4.98 Å². The number of halogens is 2. The number of aryl methyl sites for hydroxylation is 1. The van der Waals surface area contributed by atoms with Gasteiger partial charge in [0.2, 0.25) is 0 Å². The molecule has 1 aromatic carbocycles. The molecule has 0 aliphatic carbocycles. The lowest BCUT2D eigenvalue weighted by Crippen LogP contribution is -2.28. The zero-order chi connectivity index (χ0) is 15.4. The number of pyridine rings is 1. The van der Waals surface area contributed by atoms with Gasteiger partial charge in [0.25, 0.3) is 5.91 Å². The third-order valence-corrected chi connectivity index (χ3v) is 3.94. The van der Waals surface area contributed by atoms with Gasteiger partial charge in [-0.15, -0.1) is 0 Å². The van der Waals surface area contributed by atoms with Crippen molar-refractivity contribution in [2.75, 3.05) is 0 Å². The minimum atomic E-state index is -0.214. The number of nitrogens with zero attached hydrogens (tertiary/aromatic N) is 1. The SMILES string of the molecule is CCC(NC(=O)c1cnc(Cl)c(Cl)c1)c1ccc(C)cc1. The van der Waals surface area contributed by atoms with Crippen molar-refractivity contribution in [3.8, 4) is 0 Å². The van der Waals surface area contributed by atoms with E-state index in [9.17, 15) is 4.79 Å². The van der Waals surface area contributed by atoms with Crippen LogP contribution in [0.4, 0.5) is 0 Å². The predicted octanol–water partition coefficient (Wildman–Crippen LogP) is 4.58. The molecule has 1 amide bonds. The van der Waals surface area contributed by atoms with Crippen LogP contribution in [0.2, 0.25) is 10.2 Å². The van der Waals surface area contributed by atoms with Crippen LogP contribution in [0, 0.1) is 6.92 Å². The van der Waals surface area contributed by atoms with Gasteiger partial charge in [0, 0.05) is 6.20 Å². The number of benzene rings is 1. The second-order valence-electron chi connectivity index (χ2n) is 4.84. The molecule has 2 rings (SSSR count). The van der Waals surface area contributed by atoms with Crippen LogP contribution in [0.5, 0.6) is 0 Å². The van der Waals surface area contributed by atoms with E-state index in [4.69, 9.17) is 23.2 Å². The molecule has 1 unspecified atom stereocenters. The Morgan fingerprint density at radius 1 is 1.29 bits per heavy atom. The number of amides is 1. The number of aromatic nitrogens is 1. The summed E-state index contributed by atoms with van der Waals surface area (Å²) in [6, 6.07) is 9.59. The van der Waals surface area contributed by atoms with Crippen molar-refractivity contribution in [1.29, 1.82) is 0 Å². The summed E-state index contributed by atoms with van der Waals surface area (Å²) in [6.45, 7) is 4.06. The zero-order valence-corrected chi connectivity index (χ0v) is 13.4. The normalized spacial score (nSPS) is 12.0. The fourth-order valence-corrected chi connectivity index (χ4v) is 2.28. The summed E-state index contributed by atoms with van der Waals surface area (Å²) < 4.78 is 0. The molecule has 0 spiro atoms. The zero-order valence-electron chi connectivity index (χ0n) is 11.9. The summed E-state index contributed by atoms with van der Waals surface area (Å²) in [4.78, 5) is 16.2. The van der Waals surface area contributed by atoms with Crippen LogP contribution in [-0.2, 0) is 0 Å². The summed E-state index contributed by atoms with van der Waals surface area (Å²) in [5.74, 6) is -0.214. The molecule has 1 N–H and O–H groups in total. The molecule has 0 fully saturated rings. The first-order valence-electron chi connectivity index (χ1n) is 6.69. The van der Waals surface area contributed by atoms with Crippen LogP contribution in [0.3, 0.4) is 0 Å². The number of hydrogen-bond donors (Lipinski definition) is 1. The van der Waals surface area contributed by atoms with Crippen LogP contribution >= 0.6 is 23.2 Å². The lowest BCUT2D eigenvalue weighted by molar-refractivity contribution is 0.0935. The molecule has 2 aromatic rings. The molecule has 0 aliphatic rings. The molecule has 5 heteroatoms. The molecular weight excluding hydrogens is 307 g/mol. The molecule has 110 valence electrons. The molecule has 0 aliphatic heterocycles. The number of nitrogens with one attached hydrogen (secondary N) is 1. The van der Waals surface area contributed by atoms with E-state index in [1.807, 2.05) is 38.1 Å². The van der Waals surface area contributed by atoms with Gasteiger partial charge in [0.15, 0.2) is 0 Å². The first kappa shape index (κ1) is 15.8. The highest BCUT2D eigenvalue weighted by Gasteiger charge is 2.15. The van der Waals surface area contributed by atoms with Crippen molar-refractivity contribution in [1.82, 2.24) is 10.3 Å². The minimum Gasteiger partial charge on any atom is -0.345 e. The molecule has 1 heterocycles. The summed E-state index contributed by atoms with van der Waals surface area (Å²) in [7, 11) is 0. The molecule has 1 atom stereocenters. The summed E-state index contributed by atoms with van der Waals surface area (Å²) in [5.41, 5.74) is 2.66. The van der Waals surface area contributed by atoms with E-state index in [1.54, 1.807) is 0 Å². The summed E-state index contributed by atoms with van der Waals surface area (Å²) in [5, 5.41) is 3.45. The lowest BCUT2D eigenvalue weighted by Gasteiger charge is -2.17. The van der Waals surface area contributed by atoms with E-state index in [2.05, 4.69) is 10.3 Å². The molecule has 21 heavy (non-hydrogen) atoms. The highest BCUT2D eigenvalue weighted by atomic mass is 35.5. The number of hydrogen-bond acceptors (Lipinski definition) is 2. The maximum Gasteiger partial charge on any atom is 0.253 e. The van der Waals surface area contributed by atoms with Crippen molar-refractivity contribution in [2.45, 2.75) is 26.3 Å². The minimum absolute atomic E-state index is 0.0486. The van der Waals surface area contributed by atoms with Crippen LogP contribution in [0.1, 0.15) is 40.9 Å². The molecule has 0 radical (unpaired) electrons. The fourth-order valence-electron chi connectivity index (χ4n) is 2.01. The first-order valence-corrected chi connectivity index (χ1v) is 7.45. The third kappa shape index (κ3) is 3.96. The Morgan fingerprint density at radius 2 is 1.95 bits per heavy atom. The van der Waals surface area contributed by atoms with Crippen LogP contribution in [0.15, 0.2) is 36.5 Å². The van der Waals surface area contributed by atoms with Crippen LogP contribution in [-0.4, -0.2) is 10.9 Å². The van der Waals surface area contributed by atoms with E-state index >= 15 is 0 Å². The second kappa shape index (κ2) is 6.92. The van der Waals surface area contributed by atoms with E-state index in [0.29, 0.717) is 5.56 Å². The van der Waals surface area contributed by atoms with Crippen molar-refractivity contribution in [3.63, 3.8) is 0 Å². The van der Waals surface area contributed by atoms with Gasteiger partial charge < -0.3 is 5.32 Å². The number of carbonyl (C=O) groups excluding carboxylic acids is 1. The monoisotopic (exact) mass is 322 g/mol. The Hall–Kier alpha value is -1.58. The van der Waals surface area contributed by atoms with Gasteiger partial charge >= 0.3 is 0 Å². The molecule has 0 saturated carbocycles. The maximum atomic E-state index is 12.3. The third-order valence-electron chi connectivity index (χ3n) is 3.25. The van der Waals surface area contributed by atoms with Crippen LogP contribution in [0.25, 0.3) is 0 Å². The van der Waals surface area contributed by atoms with E-state index < -0.39 is 0 Å². The predicted molar refractivity (Wildman–Crippen MR) is 85.9 cm³/mol. The molecule has 0 bridgehead atoms. The molecule has 1 aromatic heterocycles. The van der Waals surface area contributed by atoms with Gasteiger partial charge in [0.05, 0.1) is 16.6 Å². The first-order chi connectivity index (χ1) is 10.0. The van der Waals surface area contributed by atoms with E-state index in [1.165, 1.54) is 17.8 Å². The largest absolute Gasteiger partial charge is 0.345 e. The van der Waals surface area contributed by atoms with Gasteiger partial charge in [-0.05, 0) is 25.0 Å². The van der Waals surface area contributed by atoms with Gasteiger partial charge in [-0.1, -0.05) is 60.0 Å². The molecular formula is C16H16Cl2N2O. The summed E-state index contributed by atoms with van der Waals surface area (Å²) >= 11 is 11.6. The maximum absolute atomic E-state index is 12.3. The topological polar surface area (TPSA) is 42.0 Å². The summed E-state index contributed by atoms with van der Waals surface area (Å²) in [6.07, 6.45) is 2.22. The Kier molecular flexibility index (Phi) is 5.21. The standard InChI is InChI=1S/C16H16Cl2N2O/c1-3-14(11-6-4-10(2)5-7-11)20-16(21)12-8-13(17)15(18)19-9-12/h4-9,14H,3H2,1-2H3,(H,20,21). The number of carbonyl (C=O) groups is 1. The fraction of sp³-hybridized carbons (Fsp3) is 0.250. The quantitative estimate of drug-likeness (QED) is 0.837. The van der Waals surface area contributed by atoms with E-state index in [0.717, 1.165) is 12.0 Å². The smallest absolute Gasteiger partial charge is 0.253 e. The number of rotatable bonds is 4. The van der Waals surface area contributed by atoms with Crippen molar-refractivity contribution in [3.05, 3.63) is 63.4 Å². The highest BCUT2D eigenvalue weighted by Crippen LogP contribution is 2.21. The Bertz CT molecular complexity index is 641. The van der Waals surface area contributed by atoms with Crippen LogP contribution < -0.4 is 5.32 Å². The Morgan fingerprint density at radius 3 is 2.52 bits per heavy atom. The van der Waals surface area contributed by atoms with Gasteiger partial charge in [0.1, 0.15) is 5.15 Å². The van der Waals surface area contributed by atoms with Crippen molar-refractivity contribution >= 4 is 29.1 Å². The van der Waals surface area contributed by atoms with Crippen molar-refractivity contribution in [2.24, 2.45) is 0 Å². The second-order valence-corrected chi connectivity index (χ2v) is 5.61. The van der Waals surface area contributed by atoms with Gasteiger partial charge in [-0.3, -0.25) is 4.79 Å². The molecule has 0 saturated heterocycles. The average molecular weight is 323 g/mol. The van der Waals surface area contributed by atoms with Crippen molar-refractivity contribution < 1.29 is 4.79 Å².